The van der Waals surface area contributed by atoms with Gasteiger partial charge in [0.2, 0.25) is 0 Å². The van der Waals surface area contributed by atoms with Crippen molar-refractivity contribution in [3.8, 4) is 0 Å². The molecule has 0 aromatic heterocycles. The zero-order valence-corrected chi connectivity index (χ0v) is 9.42. The third-order valence-electron chi connectivity index (χ3n) is 3.01. The first-order chi connectivity index (χ1) is 7.61. The van der Waals surface area contributed by atoms with E-state index in [4.69, 9.17) is 10.5 Å². The molecule has 2 rings (SSSR count). The van der Waals surface area contributed by atoms with Gasteiger partial charge in [0.1, 0.15) is 5.82 Å². The van der Waals surface area contributed by atoms with Gasteiger partial charge in [-0.15, -0.1) is 0 Å². The highest BCUT2D eigenvalue weighted by molar-refractivity contribution is 5.66. The van der Waals surface area contributed by atoms with Crippen LogP contribution >= 0.6 is 0 Å². The molecule has 1 unspecified atom stereocenters. The Labute approximate surface area is 94.8 Å². The number of nitrogens with two attached hydrogens (primary N) is 1. The van der Waals surface area contributed by atoms with Gasteiger partial charge in [-0.2, -0.15) is 0 Å². The lowest BCUT2D eigenvalue weighted by Gasteiger charge is -2.24. The second-order valence-electron chi connectivity index (χ2n) is 4.46. The van der Waals surface area contributed by atoms with E-state index in [2.05, 4.69) is 12.2 Å². The molecule has 88 valence electrons. The number of rotatable bonds is 3. The maximum atomic E-state index is 13.2. The molecule has 1 heterocycles. The summed E-state index contributed by atoms with van der Waals surface area (Å²) in [5.74, 6) is -0.387. The van der Waals surface area contributed by atoms with Gasteiger partial charge in [-0.3, -0.25) is 0 Å². The van der Waals surface area contributed by atoms with Crippen molar-refractivity contribution in [3.63, 3.8) is 0 Å². The molecular formula is C12H17FN2O. The van der Waals surface area contributed by atoms with E-state index in [-0.39, 0.29) is 17.1 Å². The number of ether oxygens (including phenoxy) is 1. The molecule has 0 radical (unpaired) electrons. The van der Waals surface area contributed by atoms with Crippen LogP contribution in [0.2, 0.25) is 0 Å². The first-order valence-electron chi connectivity index (χ1n) is 5.53. The number of nitrogen functional groups attached to an aromatic ring is 1. The van der Waals surface area contributed by atoms with E-state index in [0.717, 1.165) is 19.4 Å². The van der Waals surface area contributed by atoms with Gasteiger partial charge in [-0.1, -0.05) is 6.07 Å². The van der Waals surface area contributed by atoms with Crippen LogP contribution in [0.5, 0.6) is 0 Å². The van der Waals surface area contributed by atoms with Crippen LogP contribution in [0.1, 0.15) is 19.8 Å². The smallest absolute Gasteiger partial charge is 0.148 e. The molecule has 3 N–H and O–H groups in total. The Kier molecular flexibility index (Phi) is 3.01. The van der Waals surface area contributed by atoms with E-state index in [0.29, 0.717) is 12.2 Å². The van der Waals surface area contributed by atoms with Gasteiger partial charge in [0, 0.05) is 13.2 Å². The predicted molar refractivity (Wildman–Crippen MR) is 62.9 cm³/mol. The molecular weight excluding hydrogens is 207 g/mol. The normalized spacial score (nSPS) is 24.6. The van der Waals surface area contributed by atoms with Crippen LogP contribution in [0, 0.1) is 5.82 Å². The van der Waals surface area contributed by atoms with Crippen LogP contribution in [0.4, 0.5) is 15.8 Å². The van der Waals surface area contributed by atoms with E-state index >= 15 is 0 Å². The first kappa shape index (κ1) is 11.2. The van der Waals surface area contributed by atoms with Gasteiger partial charge >= 0.3 is 0 Å². The zero-order chi connectivity index (χ0) is 11.6. The van der Waals surface area contributed by atoms with Crippen LogP contribution in [-0.4, -0.2) is 18.8 Å². The van der Waals surface area contributed by atoms with Crippen molar-refractivity contribution in [2.75, 3.05) is 24.2 Å². The largest absolute Gasteiger partial charge is 0.395 e. The average molecular weight is 224 g/mol. The van der Waals surface area contributed by atoms with Gasteiger partial charge in [-0.25, -0.2) is 4.39 Å². The number of anilines is 2. The third kappa shape index (κ3) is 2.27. The molecule has 0 aliphatic carbocycles. The molecule has 0 spiro atoms. The standard InChI is InChI=1S/C12H17FN2O/c1-12(6-3-7-16-12)8-15-10-5-2-4-9(13)11(10)14/h2,4-5,15H,3,6-8,14H2,1H3. The van der Waals surface area contributed by atoms with E-state index in [1.165, 1.54) is 6.07 Å². The number of nitrogens with one attached hydrogen (secondary N) is 1. The molecule has 0 saturated carbocycles. The highest BCUT2D eigenvalue weighted by Crippen LogP contribution is 2.27. The molecule has 1 aliphatic rings. The van der Waals surface area contributed by atoms with Crippen molar-refractivity contribution in [1.82, 2.24) is 0 Å². The molecule has 0 bridgehead atoms. The summed E-state index contributed by atoms with van der Waals surface area (Å²) in [5, 5.41) is 3.15. The highest BCUT2D eigenvalue weighted by Gasteiger charge is 2.29. The van der Waals surface area contributed by atoms with Crippen LogP contribution in [0.15, 0.2) is 18.2 Å². The summed E-state index contributed by atoms with van der Waals surface area (Å²) in [7, 11) is 0. The van der Waals surface area contributed by atoms with E-state index < -0.39 is 0 Å². The van der Waals surface area contributed by atoms with E-state index in [1.54, 1.807) is 12.1 Å². The van der Waals surface area contributed by atoms with Crippen LogP contribution < -0.4 is 11.1 Å². The van der Waals surface area contributed by atoms with Crippen molar-refractivity contribution in [2.24, 2.45) is 0 Å². The third-order valence-corrected chi connectivity index (χ3v) is 3.01. The van der Waals surface area contributed by atoms with Gasteiger partial charge in [0.15, 0.2) is 0 Å². The molecule has 3 nitrogen and oxygen atoms in total. The minimum Gasteiger partial charge on any atom is -0.395 e. The Bertz CT molecular complexity index is 375. The Morgan fingerprint density at radius 1 is 1.56 bits per heavy atom. The minimum absolute atomic E-state index is 0.154. The summed E-state index contributed by atoms with van der Waals surface area (Å²) >= 11 is 0. The van der Waals surface area contributed by atoms with Crippen molar-refractivity contribution in [1.29, 1.82) is 0 Å². The zero-order valence-electron chi connectivity index (χ0n) is 9.42. The van der Waals surface area contributed by atoms with Gasteiger partial charge in [0.05, 0.1) is 17.0 Å². The van der Waals surface area contributed by atoms with Crippen LogP contribution in [0.25, 0.3) is 0 Å². The van der Waals surface area contributed by atoms with Crippen LogP contribution in [0.3, 0.4) is 0 Å². The van der Waals surface area contributed by atoms with Crippen molar-refractivity contribution in [2.45, 2.75) is 25.4 Å². The van der Waals surface area contributed by atoms with Crippen molar-refractivity contribution >= 4 is 11.4 Å². The molecule has 1 fully saturated rings. The Balaban J connectivity index is 2.02. The van der Waals surface area contributed by atoms with E-state index in [9.17, 15) is 4.39 Å². The molecule has 1 saturated heterocycles. The quantitative estimate of drug-likeness (QED) is 0.775. The number of hydrogen-bond donors (Lipinski definition) is 2. The monoisotopic (exact) mass is 224 g/mol. The number of hydrogen-bond acceptors (Lipinski definition) is 3. The number of benzene rings is 1. The Morgan fingerprint density at radius 3 is 3.06 bits per heavy atom. The molecule has 1 aliphatic heterocycles. The van der Waals surface area contributed by atoms with Gasteiger partial charge in [-0.05, 0) is 31.9 Å². The summed E-state index contributed by atoms with van der Waals surface area (Å²) in [4.78, 5) is 0. The summed E-state index contributed by atoms with van der Waals surface area (Å²) in [6, 6.07) is 4.77. The lowest BCUT2D eigenvalue weighted by molar-refractivity contribution is 0.0315. The molecule has 16 heavy (non-hydrogen) atoms. The molecule has 1 atom stereocenters. The topological polar surface area (TPSA) is 47.3 Å². The average Bonchev–Trinajstić information content (AvgIpc) is 2.68. The Hall–Kier alpha value is -1.29. The van der Waals surface area contributed by atoms with E-state index in [1.807, 2.05) is 0 Å². The summed E-state index contributed by atoms with van der Waals surface area (Å²) in [5.41, 5.74) is 6.28. The molecule has 1 aromatic carbocycles. The van der Waals surface area contributed by atoms with Gasteiger partial charge < -0.3 is 15.8 Å². The summed E-state index contributed by atoms with van der Waals surface area (Å²) < 4.78 is 18.8. The highest BCUT2D eigenvalue weighted by atomic mass is 19.1. The number of halogens is 1. The molecule has 4 heteroatoms. The second-order valence-corrected chi connectivity index (χ2v) is 4.46. The SMILES string of the molecule is CC1(CNc2cccc(F)c2N)CCCO1. The van der Waals surface area contributed by atoms with Gasteiger partial charge in [0.25, 0.3) is 0 Å². The minimum atomic E-state index is -0.387. The summed E-state index contributed by atoms with van der Waals surface area (Å²) in [6.07, 6.45) is 2.10. The number of para-hydroxylation sites is 1. The van der Waals surface area contributed by atoms with Crippen LogP contribution in [-0.2, 0) is 4.74 Å². The predicted octanol–water partition coefficient (Wildman–Crippen LogP) is 2.39. The molecule has 1 aromatic rings. The summed E-state index contributed by atoms with van der Waals surface area (Å²) in [6.45, 7) is 3.51. The fourth-order valence-electron chi connectivity index (χ4n) is 1.95. The lowest BCUT2D eigenvalue weighted by Crippen LogP contribution is -2.32. The maximum Gasteiger partial charge on any atom is 0.148 e. The van der Waals surface area contributed by atoms with Crippen molar-refractivity contribution < 1.29 is 9.13 Å². The lowest BCUT2D eigenvalue weighted by atomic mass is 10.0. The fraction of sp³-hybridized carbons (Fsp3) is 0.500. The second kappa shape index (κ2) is 4.29. The Morgan fingerprint density at radius 2 is 2.38 bits per heavy atom. The molecule has 0 amide bonds. The maximum absolute atomic E-state index is 13.2. The fourth-order valence-corrected chi connectivity index (χ4v) is 1.95. The van der Waals surface area contributed by atoms with Crippen molar-refractivity contribution in [3.05, 3.63) is 24.0 Å². The first-order valence-corrected chi connectivity index (χ1v) is 5.53.